The van der Waals surface area contributed by atoms with Crippen LogP contribution in [-0.4, -0.2) is 23.6 Å². The van der Waals surface area contributed by atoms with Crippen molar-refractivity contribution in [2.45, 2.75) is 36.9 Å². The lowest BCUT2D eigenvalue weighted by Gasteiger charge is -2.37. The van der Waals surface area contributed by atoms with Gasteiger partial charge in [-0.3, -0.25) is 0 Å². The maximum absolute atomic E-state index is 12.6. The van der Waals surface area contributed by atoms with Gasteiger partial charge in [0.1, 0.15) is 11.4 Å². The van der Waals surface area contributed by atoms with E-state index < -0.39 is 21.7 Å². The van der Waals surface area contributed by atoms with E-state index in [9.17, 15) is 8.42 Å². The minimum atomic E-state index is -3.72. The molecular weight excluding hydrogens is 316 g/mol. The van der Waals surface area contributed by atoms with Crippen LogP contribution in [-0.2, 0) is 17.1 Å². The van der Waals surface area contributed by atoms with Gasteiger partial charge < -0.3 is 15.0 Å². The fraction of sp³-hybridized carbons (Fsp3) is 0.400. The number of nitrogens with two attached hydrogens (primary N) is 1. The Balaban J connectivity index is 1.98. The van der Waals surface area contributed by atoms with Crippen LogP contribution in [0.15, 0.2) is 35.7 Å². The maximum atomic E-state index is 12.6. The number of benzene rings is 1. The highest BCUT2D eigenvalue weighted by molar-refractivity contribution is 7.89. The predicted octanol–water partition coefficient (Wildman–Crippen LogP) is 1.58. The molecular formula is C15H20N4O3S. The highest BCUT2D eigenvalue weighted by Crippen LogP contribution is 2.40. The number of aryl methyl sites for hydroxylation is 1. The van der Waals surface area contributed by atoms with Crippen molar-refractivity contribution in [2.24, 2.45) is 7.05 Å². The maximum Gasteiger partial charge on any atom is 0.260 e. The number of ether oxygens (including phenoxy) is 1. The zero-order valence-electron chi connectivity index (χ0n) is 13.3. The molecule has 0 bridgehead atoms. The molecule has 124 valence electrons. The summed E-state index contributed by atoms with van der Waals surface area (Å²) in [4.78, 5) is 3.92. The second-order valence-electron chi connectivity index (χ2n) is 6.41. The Morgan fingerprint density at radius 2 is 2.17 bits per heavy atom. The first-order chi connectivity index (χ1) is 10.7. The van der Waals surface area contributed by atoms with Crippen molar-refractivity contribution in [3.05, 3.63) is 36.3 Å². The van der Waals surface area contributed by atoms with Crippen molar-refractivity contribution in [3.8, 4) is 5.75 Å². The lowest BCUT2D eigenvalue weighted by atomic mass is 9.90. The zero-order chi connectivity index (χ0) is 16.8. The van der Waals surface area contributed by atoms with Crippen LogP contribution in [0.1, 0.15) is 31.9 Å². The lowest BCUT2D eigenvalue weighted by molar-refractivity contribution is 0.0702. The predicted molar refractivity (Wildman–Crippen MR) is 86.4 cm³/mol. The summed E-state index contributed by atoms with van der Waals surface area (Å²) in [6.45, 7) is 3.85. The summed E-state index contributed by atoms with van der Waals surface area (Å²) >= 11 is 0. The van der Waals surface area contributed by atoms with Gasteiger partial charge in [-0.15, -0.1) is 0 Å². The van der Waals surface area contributed by atoms with Crippen molar-refractivity contribution in [2.75, 3.05) is 5.73 Å². The highest BCUT2D eigenvalue weighted by Gasteiger charge is 2.36. The van der Waals surface area contributed by atoms with E-state index in [4.69, 9.17) is 10.5 Å². The van der Waals surface area contributed by atoms with Gasteiger partial charge in [0.25, 0.3) is 10.0 Å². The summed E-state index contributed by atoms with van der Waals surface area (Å²) in [6, 6.07) is 4.83. The Hall–Kier alpha value is -2.06. The molecule has 0 amide bonds. The third-order valence-corrected chi connectivity index (χ3v) is 5.10. The Morgan fingerprint density at radius 1 is 1.43 bits per heavy atom. The van der Waals surface area contributed by atoms with Gasteiger partial charge in [-0.05, 0) is 32.0 Å². The molecule has 1 aromatic carbocycles. The number of imidazole rings is 1. The summed E-state index contributed by atoms with van der Waals surface area (Å²) in [6.07, 6.45) is 3.41. The Kier molecular flexibility index (Phi) is 3.61. The van der Waals surface area contributed by atoms with Crippen molar-refractivity contribution in [1.82, 2.24) is 14.3 Å². The second kappa shape index (κ2) is 5.24. The van der Waals surface area contributed by atoms with Gasteiger partial charge >= 0.3 is 0 Å². The molecule has 1 aliphatic rings. The van der Waals surface area contributed by atoms with Gasteiger partial charge in [0, 0.05) is 30.9 Å². The monoisotopic (exact) mass is 336 g/mol. The average Bonchev–Trinajstić information content (AvgIpc) is 2.86. The van der Waals surface area contributed by atoms with E-state index >= 15 is 0 Å². The molecule has 0 saturated carbocycles. The summed E-state index contributed by atoms with van der Waals surface area (Å²) in [5.41, 5.74) is 6.66. The molecule has 1 aliphatic heterocycles. The van der Waals surface area contributed by atoms with Crippen molar-refractivity contribution in [1.29, 1.82) is 0 Å². The first-order valence-electron chi connectivity index (χ1n) is 7.25. The van der Waals surface area contributed by atoms with E-state index in [1.54, 1.807) is 29.8 Å². The number of fused-ring (bicyclic) bond motifs is 1. The molecule has 1 unspecified atom stereocenters. The molecule has 0 saturated heterocycles. The molecule has 0 fully saturated rings. The van der Waals surface area contributed by atoms with Crippen LogP contribution in [0, 0.1) is 0 Å². The van der Waals surface area contributed by atoms with E-state index in [0.717, 1.165) is 5.56 Å². The third-order valence-electron chi connectivity index (χ3n) is 3.75. The number of nitrogens with zero attached hydrogens (tertiary/aromatic N) is 2. The zero-order valence-corrected chi connectivity index (χ0v) is 14.1. The molecule has 8 heteroatoms. The minimum absolute atomic E-state index is 0.00486. The van der Waals surface area contributed by atoms with Crippen LogP contribution < -0.4 is 15.2 Å². The normalized spacial score (nSPS) is 19.9. The number of anilines is 1. The molecule has 2 aromatic rings. The first kappa shape index (κ1) is 15.8. The molecule has 2 heterocycles. The molecule has 1 atom stereocenters. The van der Waals surface area contributed by atoms with Gasteiger partial charge in [-0.25, -0.2) is 18.1 Å². The summed E-state index contributed by atoms with van der Waals surface area (Å²) in [5, 5.41) is -0.00486. The molecule has 1 aromatic heterocycles. The smallest absolute Gasteiger partial charge is 0.260 e. The number of hydrogen-bond acceptors (Lipinski definition) is 5. The number of hydrogen-bond donors (Lipinski definition) is 2. The van der Waals surface area contributed by atoms with Crippen LogP contribution in [0.2, 0.25) is 0 Å². The highest BCUT2D eigenvalue weighted by atomic mass is 32.2. The Labute approximate surface area is 135 Å². The van der Waals surface area contributed by atoms with E-state index in [-0.39, 0.29) is 5.03 Å². The number of rotatable bonds is 3. The third kappa shape index (κ3) is 3.18. The second-order valence-corrected chi connectivity index (χ2v) is 8.08. The van der Waals surface area contributed by atoms with Crippen LogP contribution in [0.25, 0.3) is 0 Å². The molecule has 3 N–H and O–H groups in total. The molecule has 23 heavy (non-hydrogen) atoms. The summed E-state index contributed by atoms with van der Waals surface area (Å²) in [7, 11) is -2.00. The molecule has 7 nitrogen and oxygen atoms in total. The van der Waals surface area contributed by atoms with Gasteiger partial charge in [-0.2, -0.15) is 0 Å². The largest absolute Gasteiger partial charge is 0.487 e. The average molecular weight is 336 g/mol. The van der Waals surface area contributed by atoms with E-state index in [0.29, 0.717) is 17.9 Å². The van der Waals surface area contributed by atoms with Crippen LogP contribution >= 0.6 is 0 Å². The SMILES string of the molecule is Cn1cnc(S(=O)(=O)NC2CC(C)(C)Oc3ccc(N)cc32)c1. The quantitative estimate of drug-likeness (QED) is 0.829. The van der Waals surface area contributed by atoms with E-state index in [2.05, 4.69) is 9.71 Å². The topological polar surface area (TPSA) is 99.2 Å². The van der Waals surface area contributed by atoms with E-state index in [1.807, 2.05) is 13.8 Å². The van der Waals surface area contributed by atoms with E-state index in [1.165, 1.54) is 12.5 Å². The fourth-order valence-electron chi connectivity index (χ4n) is 2.75. The van der Waals surface area contributed by atoms with Crippen LogP contribution in [0.3, 0.4) is 0 Å². The number of aromatic nitrogens is 2. The molecule has 0 radical (unpaired) electrons. The molecule has 3 rings (SSSR count). The van der Waals surface area contributed by atoms with Gasteiger partial charge in [0.05, 0.1) is 12.4 Å². The van der Waals surface area contributed by atoms with Crippen molar-refractivity contribution in [3.63, 3.8) is 0 Å². The van der Waals surface area contributed by atoms with Gasteiger partial charge in [-0.1, -0.05) is 0 Å². The van der Waals surface area contributed by atoms with Crippen LogP contribution in [0.5, 0.6) is 5.75 Å². The minimum Gasteiger partial charge on any atom is -0.487 e. The Bertz CT molecular complexity index is 842. The number of nitrogen functional groups attached to an aromatic ring is 1. The van der Waals surface area contributed by atoms with Crippen molar-refractivity contribution < 1.29 is 13.2 Å². The first-order valence-corrected chi connectivity index (χ1v) is 8.73. The standard InChI is InChI=1S/C15H20N4O3S/c1-15(2)7-12(11-6-10(16)4-5-13(11)22-15)18-23(20,21)14-8-19(3)9-17-14/h4-6,8-9,12,18H,7,16H2,1-3H3. The summed E-state index contributed by atoms with van der Waals surface area (Å²) in [5.74, 6) is 0.643. The summed E-state index contributed by atoms with van der Waals surface area (Å²) < 4.78 is 35.4. The molecule has 0 aliphatic carbocycles. The van der Waals surface area contributed by atoms with Gasteiger partial charge in [0.15, 0.2) is 5.03 Å². The van der Waals surface area contributed by atoms with Gasteiger partial charge in [0.2, 0.25) is 0 Å². The number of nitrogens with one attached hydrogen (secondary N) is 1. The Morgan fingerprint density at radius 3 is 2.83 bits per heavy atom. The lowest BCUT2D eigenvalue weighted by Crippen LogP contribution is -2.41. The fourth-order valence-corrected chi connectivity index (χ4v) is 3.95. The molecule has 0 spiro atoms. The van der Waals surface area contributed by atoms with Crippen LogP contribution in [0.4, 0.5) is 5.69 Å². The number of sulfonamides is 1. The van der Waals surface area contributed by atoms with Crippen molar-refractivity contribution >= 4 is 15.7 Å².